The van der Waals surface area contributed by atoms with Gasteiger partial charge in [0.05, 0.1) is 11.8 Å². The number of unbranched alkanes of at least 4 members (excludes halogenated alkanes) is 1. The number of para-hydroxylation sites is 1. The van der Waals surface area contributed by atoms with E-state index in [0.29, 0.717) is 5.56 Å². The van der Waals surface area contributed by atoms with Crippen LogP contribution >= 0.6 is 0 Å². The largest absolute Gasteiger partial charge is 0.478 e. The van der Waals surface area contributed by atoms with Gasteiger partial charge in [-0.2, -0.15) is 0 Å². The Hall–Kier alpha value is -3.08. The lowest BCUT2D eigenvalue weighted by atomic mass is 10.1. The van der Waals surface area contributed by atoms with E-state index in [9.17, 15) is 9.90 Å². The van der Waals surface area contributed by atoms with Gasteiger partial charge in [-0.25, -0.2) is 4.79 Å². The lowest BCUT2D eigenvalue weighted by Gasteiger charge is -2.04. The Morgan fingerprint density at radius 2 is 1.96 bits per heavy atom. The SMILES string of the molecule is CCCCc1oc2ccccc2c1/C=N/OCc1ccccc1C(=O)O. The third kappa shape index (κ3) is 3.94. The van der Waals surface area contributed by atoms with Crippen molar-refractivity contribution < 1.29 is 19.2 Å². The van der Waals surface area contributed by atoms with Crippen LogP contribution in [0.25, 0.3) is 11.0 Å². The molecular formula is C21H21NO4. The summed E-state index contributed by atoms with van der Waals surface area (Å²) >= 11 is 0. The number of hydrogen-bond acceptors (Lipinski definition) is 4. The average molecular weight is 351 g/mol. The number of hydrogen-bond donors (Lipinski definition) is 1. The smallest absolute Gasteiger partial charge is 0.336 e. The van der Waals surface area contributed by atoms with E-state index in [4.69, 9.17) is 9.25 Å². The van der Waals surface area contributed by atoms with Crippen molar-refractivity contribution in [2.75, 3.05) is 0 Å². The first-order valence-electron chi connectivity index (χ1n) is 8.67. The first-order valence-corrected chi connectivity index (χ1v) is 8.67. The maximum atomic E-state index is 11.2. The van der Waals surface area contributed by atoms with E-state index < -0.39 is 5.97 Å². The van der Waals surface area contributed by atoms with Gasteiger partial charge in [0.2, 0.25) is 0 Å². The number of furan rings is 1. The summed E-state index contributed by atoms with van der Waals surface area (Å²) in [6.45, 7) is 2.23. The fourth-order valence-corrected chi connectivity index (χ4v) is 2.83. The van der Waals surface area contributed by atoms with Gasteiger partial charge in [-0.3, -0.25) is 0 Å². The molecule has 3 aromatic rings. The van der Waals surface area contributed by atoms with Crippen LogP contribution in [0.15, 0.2) is 58.1 Å². The van der Waals surface area contributed by atoms with E-state index in [1.54, 1.807) is 30.5 Å². The summed E-state index contributed by atoms with van der Waals surface area (Å²) in [5, 5.41) is 14.3. The molecule has 5 heteroatoms. The number of oxime groups is 1. The van der Waals surface area contributed by atoms with Gasteiger partial charge < -0.3 is 14.4 Å². The lowest BCUT2D eigenvalue weighted by Crippen LogP contribution is -2.02. The normalized spacial score (nSPS) is 11.3. The van der Waals surface area contributed by atoms with Crippen LogP contribution in [0.3, 0.4) is 0 Å². The number of carbonyl (C=O) groups is 1. The fraction of sp³-hybridized carbons (Fsp3) is 0.238. The third-order valence-electron chi connectivity index (χ3n) is 4.19. The standard InChI is InChI=1S/C21H21NO4/c1-2-3-11-20-18(17-10-6-7-12-19(17)26-20)13-22-25-14-15-8-4-5-9-16(15)21(23)24/h4-10,12-13H,2-3,11,14H2,1H3,(H,23,24)/b22-13+. The zero-order valence-corrected chi connectivity index (χ0v) is 14.6. The molecule has 0 aliphatic heterocycles. The average Bonchev–Trinajstić information content (AvgIpc) is 3.01. The van der Waals surface area contributed by atoms with Gasteiger partial charge in [-0.1, -0.05) is 54.9 Å². The summed E-state index contributed by atoms with van der Waals surface area (Å²) < 4.78 is 5.94. The lowest BCUT2D eigenvalue weighted by molar-refractivity contribution is 0.0688. The van der Waals surface area contributed by atoms with Gasteiger partial charge in [0, 0.05) is 22.9 Å². The van der Waals surface area contributed by atoms with Crippen LogP contribution in [0, 0.1) is 0 Å². The summed E-state index contributed by atoms with van der Waals surface area (Å²) in [5.41, 5.74) is 2.55. The maximum Gasteiger partial charge on any atom is 0.336 e. The Morgan fingerprint density at radius 3 is 2.77 bits per heavy atom. The molecule has 0 saturated heterocycles. The van der Waals surface area contributed by atoms with Crippen molar-refractivity contribution in [3.63, 3.8) is 0 Å². The van der Waals surface area contributed by atoms with Crippen LogP contribution in [0.4, 0.5) is 0 Å². The molecule has 1 heterocycles. The molecule has 0 atom stereocenters. The van der Waals surface area contributed by atoms with E-state index in [1.165, 1.54) is 0 Å². The third-order valence-corrected chi connectivity index (χ3v) is 4.19. The molecular weight excluding hydrogens is 330 g/mol. The van der Waals surface area contributed by atoms with Crippen molar-refractivity contribution in [3.8, 4) is 0 Å². The molecule has 0 radical (unpaired) electrons. The molecule has 1 N–H and O–H groups in total. The second kappa shape index (κ2) is 8.34. The number of benzene rings is 2. The molecule has 0 saturated carbocycles. The molecule has 3 rings (SSSR count). The molecule has 0 bridgehead atoms. The van der Waals surface area contributed by atoms with E-state index >= 15 is 0 Å². The predicted molar refractivity (Wildman–Crippen MR) is 101 cm³/mol. The predicted octanol–water partition coefficient (Wildman–Crippen LogP) is 5.02. The van der Waals surface area contributed by atoms with Crippen LogP contribution in [-0.4, -0.2) is 17.3 Å². The highest BCUT2D eigenvalue weighted by Crippen LogP contribution is 2.26. The van der Waals surface area contributed by atoms with Crippen molar-refractivity contribution in [2.45, 2.75) is 32.8 Å². The summed E-state index contributed by atoms with van der Waals surface area (Å²) in [4.78, 5) is 16.6. The monoisotopic (exact) mass is 351 g/mol. The molecule has 1 aromatic heterocycles. The highest BCUT2D eigenvalue weighted by Gasteiger charge is 2.12. The molecule has 0 unspecified atom stereocenters. The van der Waals surface area contributed by atoms with E-state index in [2.05, 4.69) is 12.1 Å². The Morgan fingerprint density at radius 1 is 1.19 bits per heavy atom. The maximum absolute atomic E-state index is 11.2. The van der Waals surface area contributed by atoms with Crippen LogP contribution in [0.5, 0.6) is 0 Å². The summed E-state index contributed by atoms with van der Waals surface area (Å²) in [7, 11) is 0. The Balaban J connectivity index is 1.77. The van der Waals surface area contributed by atoms with Crippen molar-refractivity contribution in [3.05, 3.63) is 71.0 Å². The number of rotatable bonds is 8. The minimum Gasteiger partial charge on any atom is -0.478 e. The van der Waals surface area contributed by atoms with E-state index in [0.717, 1.165) is 41.6 Å². The van der Waals surface area contributed by atoms with E-state index in [-0.39, 0.29) is 12.2 Å². The molecule has 0 spiro atoms. The Kier molecular flexibility index (Phi) is 5.69. The van der Waals surface area contributed by atoms with Crippen molar-refractivity contribution in [1.82, 2.24) is 0 Å². The topological polar surface area (TPSA) is 72.0 Å². The molecule has 0 fully saturated rings. The van der Waals surface area contributed by atoms with Crippen molar-refractivity contribution >= 4 is 23.2 Å². The highest BCUT2D eigenvalue weighted by atomic mass is 16.6. The van der Waals surface area contributed by atoms with Crippen LogP contribution < -0.4 is 0 Å². The van der Waals surface area contributed by atoms with Crippen LogP contribution in [-0.2, 0) is 17.9 Å². The highest BCUT2D eigenvalue weighted by molar-refractivity contribution is 5.99. The van der Waals surface area contributed by atoms with Gasteiger partial charge in [0.1, 0.15) is 18.0 Å². The van der Waals surface area contributed by atoms with E-state index in [1.807, 2.05) is 24.3 Å². The first-order chi connectivity index (χ1) is 12.7. The number of carboxylic acids is 1. The number of nitrogens with zero attached hydrogens (tertiary/aromatic N) is 1. The van der Waals surface area contributed by atoms with Crippen molar-refractivity contribution in [2.24, 2.45) is 5.16 Å². The minimum atomic E-state index is -0.976. The quantitative estimate of drug-likeness (QED) is 0.457. The molecule has 26 heavy (non-hydrogen) atoms. The summed E-state index contributed by atoms with van der Waals surface area (Å²) in [6, 6.07) is 14.6. The number of aryl methyl sites for hydroxylation is 1. The molecule has 5 nitrogen and oxygen atoms in total. The zero-order chi connectivity index (χ0) is 18.4. The number of aromatic carboxylic acids is 1. The number of fused-ring (bicyclic) bond motifs is 1. The Labute approximate surface area is 151 Å². The number of carboxylic acid groups (broad SMARTS) is 1. The van der Waals surface area contributed by atoms with Crippen LogP contribution in [0.1, 0.15) is 47.0 Å². The van der Waals surface area contributed by atoms with Crippen molar-refractivity contribution in [1.29, 1.82) is 0 Å². The van der Waals surface area contributed by atoms with Gasteiger partial charge in [0.15, 0.2) is 0 Å². The van der Waals surface area contributed by atoms with Crippen LogP contribution in [0.2, 0.25) is 0 Å². The summed E-state index contributed by atoms with van der Waals surface area (Å²) in [6.07, 6.45) is 4.61. The molecule has 0 aliphatic carbocycles. The fourth-order valence-electron chi connectivity index (χ4n) is 2.83. The van der Waals surface area contributed by atoms with Gasteiger partial charge in [-0.15, -0.1) is 0 Å². The Bertz CT molecular complexity index is 927. The zero-order valence-electron chi connectivity index (χ0n) is 14.6. The van der Waals surface area contributed by atoms with Gasteiger partial charge in [-0.05, 0) is 18.6 Å². The molecule has 134 valence electrons. The molecule has 0 amide bonds. The molecule has 2 aromatic carbocycles. The second-order valence-corrected chi connectivity index (χ2v) is 6.01. The minimum absolute atomic E-state index is 0.0963. The first kappa shape index (κ1) is 17.7. The van der Waals surface area contributed by atoms with Gasteiger partial charge in [0.25, 0.3) is 0 Å². The van der Waals surface area contributed by atoms with Gasteiger partial charge >= 0.3 is 5.97 Å². The molecule has 0 aliphatic rings. The summed E-state index contributed by atoms with van der Waals surface area (Å²) in [5.74, 6) is -0.0813. The second-order valence-electron chi connectivity index (χ2n) is 6.01.